The molecule has 1 aromatic carbocycles. The maximum absolute atomic E-state index is 13.5. The molecule has 0 heterocycles. The van der Waals surface area contributed by atoms with Gasteiger partial charge in [0.05, 0.1) is 5.69 Å². The monoisotopic (exact) mass is 238 g/mol. The molecule has 0 fully saturated rings. The van der Waals surface area contributed by atoms with E-state index in [4.69, 9.17) is 0 Å². The van der Waals surface area contributed by atoms with Gasteiger partial charge in [-0.15, -0.1) is 0 Å². The molecule has 0 aliphatic rings. The highest BCUT2D eigenvalue weighted by Gasteiger charge is 2.15. The van der Waals surface area contributed by atoms with Crippen LogP contribution in [0.5, 0.6) is 0 Å². The number of benzene rings is 1. The summed E-state index contributed by atoms with van der Waals surface area (Å²) in [6, 6.07) is 4.74. The molecule has 4 heteroatoms. The molecule has 0 aromatic heterocycles. The molecule has 1 aromatic rings. The summed E-state index contributed by atoms with van der Waals surface area (Å²) in [4.78, 5) is 11.8. The summed E-state index contributed by atoms with van der Waals surface area (Å²) in [5.41, 5.74) is 1.01. The van der Waals surface area contributed by atoms with Crippen LogP contribution < -0.4 is 10.6 Å². The van der Waals surface area contributed by atoms with Crippen LogP contribution in [-0.2, 0) is 4.79 Å². The van der Waals surface area contributed by atoms with Gasteiger partial charge in [-0.2, -0.15) is 0 Å². The number of hydrogen-bond donors (Lipinski definition) is 2. The van der Waals surface area contributed by atoms with E-state index in [1.165, 1.54) is 6.07 Å². The van der Waals surface area contributed by atoms with Crippen molar-refractivity contribution in [3.8, 4) is 0 Å². The number of rotatable bonds is 5. The summed E-state index contributed by atoms with van der Waals surface area (Å²) in [5, 5.41) is 5.72. The molecule has 0 aliphatic carbocycles. The number of hydrogen-bond acceptors (Lipinski definition) is 2. The number of carbonyl (C=O) groups is 1. The second-order valence-electron chi connectivity index (χ2n) is 4.13. The molecule has 17 heavy (non-hydrogen) atoms. The Kier molecular flexibility index (Phi) is 5.10. The van der Waals surface area contributed by atoms with E-state index in [1.54, 1.807) is 19.1 Å². The smallest absolute Gasteiger partial charge is 0.228 e. The summed E-state index contributed by atoms with van der Waals surface area (Å²) in [6.07, 6.45) is 0. The van der Waals surface area contributed by atoms with E-state index < -0.39 is 5.82 Å². The summed E-state index contributed by atoms with van der Waals surface area (Å²) in [6.45, 7) is 6.97. The highest BCUT2D eigenvalue weighted by Crippen LogP contribution is 2.19. The Morgan fingerprint density at radius 1 is 1.47 bits per heavy atom. The van der Waals surface area contributed by atoms with Crippen molar-refractivity contribution in [3.63, 3.8) is 0 Å². The normalized spacial score (nSPS) is 12.2. The van der Waals surface area contributed by atoms with Gasteiger partial charge < -0.3 is 10.6 Å². The lowest BCUT2D eigenvalue weighted by atomic mass is 10.1. The molecular formula is C13H19FN2O. The van der Waals surface area contributed by atoms with Gasteiger partial charge in [-0.1, -0.05) is 26.0 Å². The van der Waals surface area contributed by atoms with Gasteiger partial charge in [0, 0.05) is 12.5 Å². The first-order valence-electron chi connectivity index (χ1n) is 5.83. The van der Waals surface area contributed by atoms with E-state index in [-0.39, 0.29) is 17.5 Å². The fourth-order valence-corrected chi connectivity index (χ4v) is 1.49. The Labute approximate surface area is 101 Å². The van der Waals surface area contributed by atoms with E-state index in [1.807, 2.05) is 13.8 Å². The highest BCUT2D eigenvalue weighted by molar-refractivity contribution is 5.93. The third-order valence-corrected chi connectivity index (χ3v) is 2.62. The first kappa shape index (κ1) is 13.6. The van der Waals surface area contributed by atoms with Gasteiger partial charge in [-0.25, -0.2) is 4.39 Å². The summed E-state index contributed by atoms with van der Waals surface area (Å²) < 4.78 is 13.5. The Morgan fingerprint density at radius 2 is 2.18 bits per heavy atom. The molecule has 0 spiro atoms. The highest BCUT2D eigenvalue weighted by atomic mass is 19.1. The zero-order valence-electron chi connectivity index (χ0n) is 10.5. The molecule has 3 nitrogen and oxygen atoms in total. The summed E-state index contributed by atoms with van der Waals surface area (Å²) >= 11 is 0. The molecule has 0 bridgehead atoms. The average molecular weight is 238 g/mol. The van der Waals surface area contributed by atoms with E-state index in [0.29, 0.717) is 6.54 Å². The number of anilines is 1. The number of aryl methyl sites for hydroxylation is 1. The van der Waals surface area contributed by atoms with Crippen LogP contribution in [0, 0.1) is 18.7 Å². The molecular weight excluding hydrogens is 219 g/mol. The zero-order valence-corrected chi connectivity index (χ0v) is 10.5. The predicted octanol–water partition coefficient (Wildman–Crippen LogP) is 2.32. The van der Waals surface area contributed by atoms with Crippen LogP contribution in [0.4, 0.5) is 10.1 Å². The van der Waals surface area contributed by atoms with Gasteiger partial charge in [0.25, 0.3) is 0 Å². The Morgan fingerprint density at radius 3 is 2.76 bits per heavy atom. The van der Waals surface area contributed by atoms with Crippen molar-refractivity contribution >= 4 is 11.6 Å². The minimum atomic E-state index is -0.394. The van der Waals surface area contributed by atoms with Crippen LogP contribution in [0.1, 0.15) is 19.4 Å². The Bertz CT molecular complexity index is 373. The van der Waals surface area contributed by atoms with E-state index in [2.05, 4.69) is 10.6 Å². The molecule has 0 radical (unpaired) electrons. The summed E-state index contributed by atoms with van der Waals surface area (Å²) in [5.74, 6) is -0.748. The number of nitrogens with one attached hydrogen (secondary N) is 2. The summed E-state index contributed by atoms with van der Waals surface area (Å²) in [7, 11) is 0. The molecule has 0 saturated heterocycles. The van der Waals surface area contributed by atoms with Gasteiger partial charge in [-0.3, -0.25) is 4.79 Å². The molecule has 0 aliphatic heterocycles. The predicted molar refractivity (Wildman–Crippen MR) is 67.5 cm³/mol. The van der Waals surface area contributed by atoms with Crippen LogP contribution in [0.25, 0.3) is 0 Å². The number of halogens is 1. The average Bonchev–Trinajstić information content (AvgIpc) is 2.30. The number of carbonyl (C=O) groups excluding carboxylic acids is 1. The van der Waals surface area contributed by atoms with Crippen molar-refractivity contribution < 1.29 is 9.18 Å². The van der Waals surface area contributed by atoms with Crippen molar-refractivity contribution in [1.29, 1.82) is 0 Å². The third-order valence-electron chi connectivity index (χ3n) is 2.62. The molecule has 94 valence electrons. The Balaban J connectivity index is 2.68. The standard InChI is InChI=1S/C13H19FN2O/c1-4-15-8-10(3)13(17)16-12-9(2)6-5-7-11(12)14/h5-7,10,15H,4,8H2,1-3H3,(H,16,17). The van der Waals surface area contributed by atoms with Crippen molar-refractivity contribution in [3.05, 3.63) is 29.6 Å². The maximum Gasteiger partial charge on any atom is 0.228 e. The van der Waals surface area contributed by atoms with Crippen molar-refractivity contribution in [2.24, 2.45) is 5.92 Å². The second-order valence-corrected chi connectivity index (χ2v) is 4.13. The van der Waals surface area contributed by atoms with Gasteiger partial charge >= 0.3 is 0 Å². The molecule has 0 saturated carbocycles. The maximum atomic E-state index is 13.5. The number of para-hydroxylation sites is 1. The van der Waals surface area contributed by atoms with Crippen LogP contribution in [0.15, 0.2) is 18.2 Å². The van der Waals surface area contributed by atoms with Gasteiger partial charge in [-0.05, 0) is 25.1 Å². The van der Waals surface area contributed by atoms with E-state index >= 15 is 0 Å². The fourth-order valence-electron chi connectivity index (χ4n) is 1.49. The first-order valence-corrected chi connectivity index (χ1v) is 5.83. The van der Waals surface area contributed by atoms with Gasteiger partial charge in [0.1, 0.15) is 5.82 Å². The minimum Gasteiger partial charge on any atom is -0.323 e. The topological polar surface area (TPSA) is 41.1 Å². The van der Waals surface area contributed by atoms with E-state index in [9.17, 15) is 9.18 Å². The SMILES string of the molecule is CCNCC(C)C(=O)Nc1c(C)cccc1F. The van der Waals surface area contributed by atoms with Crippen LogP contribution >= 0.6 is 0 Å². The van der Waals surface area contributed by atoms with E-state index in [0.717, 1.165) is 12.1 Å². The molecule has 1 unspecified atom stereocenters. The van der Waals surface area contributed by atoms with Gasteiger partial charge in [0.15, 0.2) is 0 Å². The van der Waals surface area contributed by atoms with Crippen LogP contribution in [-0.4, -0.2) is 19.0 Å². The minimum absolute atomic E-state index is 0.167. The Hall–Kier alpha value is -1.42. The molecule has 1 amide bonds. The molecule has 1 rings (SSSR count). The number of amides is 1. The van der Waals surface area contributed by atoms with Crippen molar-refractivity contribution in [1.82, 2.24) is 5.32 Å². The zero-order chi connectivity index (χ0) is 12.8. The van der Waals surface area contributed by atoms with Crippen LogP contribution in [0.3, 0.4) is 0 Å². The third kappa shape index (κ3) is 3.82. The van der Waals surface area contributed by atoms with Gasteiger partial charge in [0.2, 0.25) is 5.91 Å². The lowest BCUT2D eigenvalue weighted by Crippen LogP contribution is -2.30. The largest absolute Gasteiger partial charge is 0.323 e. The fraction of sp³-hybridized carbons (Fsp3) is 0.462. The lowest BCUT2D eigenvalue weighted by Gasteiger charge is -2.14. The second kappa shape index (κ2) is 6.35. The molecule has 1 atom stereocenters. The van der Waals surface area contributed by atoms with Crippen LogP contribution in [0.2, 0.25) is 0 Å². The quantitative estimate of drug-likeness (QED) is 0.826. The lowest BCUT2D eigenvalue weighted by molar-refractivity contribution is -0.119. The van der Waals surface area contributed by atoms with Crippen molar-refractivity contribution in [2.45, 2.75) is 20.8 Å². The van der Waals surface area contributed by atoms with Crippen molar-refractivity contribution in [2.75, 3.05) is 18.4 Å². The first-order chi connectivity index (χ1) is 8.06. The molecule has 2 N–H and O–H groups in total.